The van der Waals surface area contributed by atoms with Crippen molar-refractivity contribution in [3.8, 4) is 0 Å². The third kappa shape index (κ3) is 2.92. The highest BCUT2D eigenvalue weighted by Gasteiger charge is 2.23. The summed E-state index contributed by atoms with van der Waals surface area (Å²) in [5, 5.41) is 0. The summed E-state index contributed by atoms with van der Waals surface area (Å²) < 4.78 is 5.54. The molecule has 0 radical (unpaired) electrons. The molecule has 4 N–H and O–H groups in total. The molecule has 100 valence electrons. The Morgan fingerprint density at radius 1 is 1.21 bits per heavy atom. The number of methoxy groups -OCH3 is 1. The van der Waals surface area contributed by atoms with Crippen LogP contribution in [0.1, 0.15) is 28.8 Å². The van der Waals surface area contributed by atoms with E-state index >= 15 is 0 Å². The molecule has 0 aliphatic rings. The van der Waals surface area contributed by atoms with Crippen molar-refractivity contribution in [3.05, 3.63) is 59.3 Å². The first-order valence-corrected chi connectivity index (χ1v) is 6.19. The van der Waals surface area contributed by atoms with Gasteiger partial charge in [0.05, 0.1) is 6.04 Å². The summed E-state index contributed by atoms with van der Waals surface area (Å²) in [7, 11) is 1.65. The maximum absolute atomic E-state index is 6.31. The van der Waals surface area contributed by atoms with Gasteiger partial charge >= 0.3 is 0 Å². The molecule has 2 aromatic rings. The molecule has 0 bridgehead atoms. The number of nitrogens with two attached hydrogens (primary N) is 2. The summed E-state index contributed by atoms with van der Waals surface area (Å²) in [5.41, 5.74) is 15.1. The normalized spacial score (nSPS) is 14.1. The van der Waals surface area contributed by atoms with Crippen LogP contribution in [-0.4, -0.2) is 12.1 Å². The maximum Gasteiger partial charge on any atom is 0.128 e. The highest BCUT2D eigenvalue weighted by atomic mass is 16.5. The fourth-order valence-corrected chi connectivity index (χ4v) is 2.17. The van der Waals surface area contributed by atoms with Gasteiger partial charge in [-0.25, -0.2) is 4.98 Å². The molecule has 0 fully saturated rings. The number of benzene rings is 1. The van der Waals surface area contributed by atoms with Gasteiger partial charge in [-0.2, -0.15) is 0 Å². The lowest BCUT2D eigenvalue weighted by atomic mass is 9.96. The highest BCUT2D eigenvalue weighted by molar-refractivity contribution is 5.44. The second-order valence-electron chi connectivity index (χ2n) is 4.58. The lowest BCUT2D eigenvalue weighted by molar-refractivity contribution is 0.0803. The van der Waals surface area contributed by atoms with Crippen LogP contribution in [0.15, 0.2) is 42.6 Å². The van der Waals surface area contributed by atoms with Crippen molar-refractivity contribution in [3.63, 3.8) is 0 Å². The number of rotatable bonds is 4. The molecule has 0 saturated carbocycles. The van der Waals surface area contributed by atoms with Crippen LogP contribution >= 0.6 is 0 Å². The third-order valence-electron chi connectivity index (χ3n) is 3.15. The Morgan fingerprint density at radius 2 is 1.89 bits per heavy atom. The zero-order valence-electron chi connectivity index (χ0n) is 11.2. The number of anilines is 1. The van der Waals surface area contributed by atoms with Crippen molar-refractivity contribution in [1.29, 1.82) is 0 Å². The lowest BCUT2D eigenvalue weighted by Gasteiger charge is -2.24. The second kappa shape index (κ2) is 5.82. The molecule has 1 aromatic carbocycles. The minimum Gasteiger partial charge on any atom is -0.383 e. The van der Waals surface area contributed by atoms with Crippen LogP contribution in [0, 0.1) is 6.92 Å². The standard InChI is InChI=1S/C15H19N3O/c1-10-8-12(15(17)18-9-10)13(16)14(19-2)11-6-4-3-5-7-11/h3-9,13-14H,16H2,1-2H3,(H2,17,18). The van der Waals surface area contributed by atoms with E-state index in [0.717, 1.165) is 16.7 Å². The van der Waals surface area contributed by atoms with Gasteiger partial charge in [-0.05, 0) is 24.1 Å². The molecule has 0 amide bonds. The minimum atomic E-state index is -0.347. The SMILES string of the molecule is COC(c1ccccc1)C(N)c1cc(C)cnc1N. The van der Waals surface area contributed by atoms with Gasteiger partial charge in [0.2, 0.25) is 0 Å². The van der Waals surface area contributed by atoms with Gasteiger partial charge in [0.15, 0.2) is 0 Å². The van der Waals surface area contributed by atoms with E-state index in [2.05, 4.69) is 4.98 Å². The Bertz CT molecular complexity index is 542. The number of pyridine rings is 1. The predicted molar refractivity (Wildman–Crippen MR) is 76.5 cm³/mol. The molecule has 1 aromatic heterocycles. The Hall–Kier alpha value is -1.91. The fraction of sp³-hybridized carbons (Fsp3) is 0.267. The van der Waals surface area contributed by atoms with Gasteiger partial charge in [-0.15, -0.1) is 0 Å². The van der Waals surface area contributed by atoms with E-state index in [-0.39, 0.29) is 12.1 Å². The third-order valence-corrected chi connectivity index (χ3v) is 3.15. The molecule has 2 rings (SSSR count). The van der Waals surface area contributed by atoms with Crippen molar-refractivity contribution in [2.45, 2.75) is 19.1 Å². The molecule has 0 saturated heterocycles. The summed E-state index contributed by atoms with van der Waals surface area (Å²) in [6.07, 6.45) is 1.49. The van der Waals surface area contributed by atoms with Crippen LogP contribution in [0.25, 0.3) is 0 Å². The van der Waals surface area contributed by atoms with E-state index in [9.17, 15) is 0 Å². The molecule has 19 heavy (non-hydrogen) atoms. The van der Waals surface area contributed by atoms with Gasteiger partial charge in [0, 0.05) is 18.9 Å². The van der Waals surface area contributed by atoms with Crippen molar-refractivity contribution in [2.24, 2.45) is 5.73 Å². The van der Waals surface area contributed by atoms with E-state index in [4.69, 9.17) is 16.2 Å². The number of hydrogen-bond acceptors (Lipinski definition) is 4. The smallest absolute Gasteiger partial charge is 0.128 e. The summed E-state index contributed by atoms with van der Waals surface area (Å²) in [6.45, 7) is 1.97. The van der Waals surface area contributed by atoms with Crippen molar-refractivity contribution >= 4 is 5.82 Å². The van der Waals surface area contributed by atoms with Gasteiger partial charge in [0.25, 0.3) is 0 Å². The van der Waals surface area contributed by atoms with Gasteiger partial charge in [0.1, 0.15) is 11.9 Å². The first-order chi connectivity index (χ1) is 9.13. The predicted octanol–water partition coefficient (Wildman–Crippen LogP) is 2.36. The number of aryl methyl sites for hydroxylation is 1. The number of nitrogen functional groups attached to an aromatic ring is 1. The zero-order chi connectivity index (χ0) is 13.8. The van der Waals surface area contributed by atoms with E-state index in [1.165, 1.54) is 0 Å². The Balaban J connectivity index is 2.36. The second-order valence-corrected chi connectivity index (χ2v) is 4.58. The molecule has 0 spiro atoms. The molecule has 1 heterocycles. The average Bonchev–Trinajstić information content (AvgIpc) is 2.43. The molecule has 2 atom stereocenters. The number of aromatic nitrogens is 1. The monoisotopic (exact) mass is 257 g/mol. The zero-order valence-corrected chi connectivity index (χ0v) is 11.2. The summed E-state index contributed by atoms with van der Waals surface area (Å²) in [5.74, 6) is 0.455. The van der Waals surface area contributed by atoms with Crippen LogP contribution in [-0.2, 0) is 4.74 Å². The molecular weight excluding hydrogens is 238 g/mol. The fourth-order valence-electron chi connectivity index (χ4n) is 2.17. The molecule has 4 nitrogen and oxygen atoms in total. The largest absolute Gasteiger partial charge is 0.383 e. The lowest BCUT2D eigenvalue weighted by Crippen LogP contribution is -2.23. The molecular formula is C15H19N3O. The van der Waals surface area contributed by atoms with Gasteiger partial charge in [-0.3, -0.25) is 0 Å². The molecule has 4 heteroatoms. The van der Waals surface area contributed by atoms with Crippen molar-refractivity contribution in [2.75, 3.05) is 12.8 Å². The van der Waals surface area contributed by atoms with Crippen molar-refractivity contribution < 1.29 is 4.74 Å². The van der Waals surface area contributed by atoms with Crippen LogP contribution in [0.2, 0.25) is 0 Å². The molecule has 0 aliphatic heterocycles. The van der Waals surface area contributed by atoms with E-state index in [0.29, 0.717) is 5.82 Å². The minimum absolute atomic E-state index is 0.243. The first-order valence-electron chi connectivity index (χ1n) is 6.19. The molecule has 0 aliphatic carbocycles. The van der Waals surface area contributed by atoms with Gasteiger partial charge < -0.3 is 16.2 Å². The summed E-state index contributed by atoms with van der Waals surface area (Å²) >= 11 is 0. The van der Waals surface area contributed by atoms with E-state index in [1.54, 1.807) is 13.3 Å². The number of ether oxygens (including phenoxy) is 1. The Kier molecular flexibility index (Phi) is 4.14. The van der Waals surface area contributed by atoms with Crippen LogP contribution in [0.3, 0.4) is 0 Å². The average molecular weight is 257 g/mol. The Labute approximate surface area is 113 Å². The number of hydrogen-bond donors (Lipinski definition) is 2. The first kappa shape index (κ1) is 13.5. The highest BCUT2D eigenvalue weighted by Crippen LogP contribution is 2.31. The topological polar surface area (TPSA) is 74.2 Å². The molecule has 2 unspecified atom stereocenters. The quantitative estimate of drug-likeness (QED) is 0.881. The summed E-state index contributed by atoms with van der Waals surface area (Å²) in [4.78, 5) is 4.15. The van der Waals surface area contributed by atoms with E-state index < -0.39 is 0 Å². The Morgan fingerprint density at radius 3 is 2.53 bits per heavy atom. The van der Waals surface area contributed by atoms with E-state index in [1.807, 2.05) is 43.3 Å². The maximum atomic E-state index is 6.31. The summed E-state index contributed by atoms with van der Waals surface area (Å²) in [6, 6.07) is 11.5. The number of nitrogens with zero attached hydrogens (tertiary/aromatic N) is 1. The van der Waals surface area contributed by atoms with Crippen LogP contribution in [0.4, 0.5) is 5.82 Å². The van der Waals surface area contributed by atoms with Crippen molar-refractivity contribution in [1.82, 2.24) is 4.98 Å². The van der Waals surface area contributed by atoms with Crippen LogP contribution in [0.5, 0.6) is 0 Å². The van der Waals surface area contributed by atoms with Gasteiger partial charge in [-0.1, -0.05) is 30.3 Å². The van der Waals surface area contributed by atoms with Crippen LogP contribution < -0.4 is 11.5 Å².